The maximum Gasteiger partial charge on any atom is 0.410 e. The number of rotatable bonds is 6. The van der Waals surface area contributed by atoms with Gasteiger partial charge in [0.15, 0.2) is 0 Å². The Morgan fingerprint density at radius 1 is 1.03 bits per heavy atom. The van der Waals surface area contributed by atoms with E-state index in [1.165, 1.54) is 0 Å². The molecule has 0 aliphatic carbocycles. The molecule has 32 heavy (non-hydrogen) atoms. The molecular weight excluding hydrogens is 426 g/mol. The molecule has 7 heteroatoms. The monoisotopic (exact) mass is 457 g/mol. The fourth-order valence-corrected chi connectivity index (χ4v) is 4.56. The molecule has 2 amide bonds. The zero-order valence-corrected chi connectivity index (χ0v) is 19.1. The summed E-state index contributed by atoms with van der Waals surface area (Å²) in [6.45, 7) is 3.81. The number of carbonyl (C=O) groups is 2. The molecule has 2 aromatic rings. The highest BCUT2D eigenvalue weighted by Crippen LogP contribution is 2.31. The third kappa shape index (κ3) is 5.61. The Kier molecular flexibility index (Phi) is 8.53. The van der Waals surface area contributed by atoms with Crippen LogP contribution in [0, 0.1) is 5.92 Å². The summed E-state index contributed by atoms with van der Waals surface area (Å²) in [4.78, 5) is 27.3. The highest BCUT2D eigenvalue weighted by Gasteiger charge is 2.42. The lowest BCUT2D eigenvalue weighted by molar-refractivity contribution is -0.126. The number of halogens is 1. The van der Waals surface area contributed by atoms with Crippen LogP contribution in [0.2, 0.25) is 0 Å². The van der Waals surface area contributed by atoms with Gasteiger partial charge in [0.1, 0.15) is 6.61 Å². The molecule has 1 atom stereocenters. The Morgan fingerprint density at radius 3 is 2.31 bits per heavy atom. The number of carbonyl (C=O) groups excluding carboxylic acids is 2. The van der Waals surface area contributed by atoms with E-state index in [1.807, 2.05) is 60.7 Å². The van der Waals surface area contributed by atoms with Gasteiger partial charge in [-0.05, 0) is 42.9 Å². The summed E-state index contributed by atoms with van der Waals surface area (Å²) in [5, 5.41) is 6.56. The number of nitrogens with one attached hydrogen (secondary N) is 2. The number of amides is 2. The molecule has 1 unspecified atom stereocenters. The largest absolute Gasteiger partial charge is 0.445 e. The molecule has 0 spiro atoms. The minimum absolute atomic E-state index is 0. The van der Waals surface area contributed by atoms with Gasteiger partial charge >= 0.3 is 6.09 Å². The van der Waals surface area contributed by atoms with Crippen molar-refractivity contribution in [2.75, 3.05) is 32.7 Å². The normalized spacial score (nSPS) is 20.9. The predicted molar refractivity (Wildman–Crippen MR) is 127 cm³/mol. The number of ether oxygens (including phenoxy) is 1. The number of likely N-dealkylation sites (tertiary alicyclic amines) is 1. The Labute approximate surface area is 196 Å². The average Bonchev–Trinajstić information content (AvgIpc) is 3.34. The first-order chi connectivity index (χ1) is 15.2. The first-order valence-corrected chi connectivity index (χ1v) is 11.2. The number of hydrogen-bond donors (Lipinski definition) is 2. The summed E-state index contributed by atoms with van der Waals surface area (Å²) < 4.78 is 5.44. The zero-order valence-electron chi connectivity index (χ0n) is 18.3. The van der Waals surface area contributed by atoms with Crippen LogP contribution < -0.4 is 10.6 Å². The van der Waals surface area contributed by atoms with Gasteiger partial charge in [0.2, 0.25) is 5.91 Å². The van der Waals surface area contributed by atoms with Crippen molar-refractivity contribution in [1.82, 2.24) is 15.5 Å². The summed E-state index contributed by atoms with van der Waals surface area (Å²) in [6.07, 6.45) is 2.30. The molecule has 2 heterocycles. The summed E-state index contributed by atoms with van der Waals surface area (Å²) in [6, 6.07) is 19.8. The molecule has 0 radical (unpaired) electrons. The molecule has 2 fully saturated rings. The van der Waals surface area contributed by atoms with E-state index in [0.717, 1.165) is 36.9 Å². The van der Waals surface area contributed by atoms with Gasteiger partial charge in [-0.1, -0.05) is 60.7 Å². The van der Waals surface area contributed by atoms with E-state index in [9.17, 15) is 9.59 Å². The number of benzene rings is 2. The third-order valence-corrected chi connectivity index (χ3v) is 6.55. The van der Waals surface area contributed by atoms with Gasteiger partial charge in [0.05, 0.1) is 5.41 Å². The summed E-state index contributed by atoms with van der Waals surface area (Å²) >= 11 is 0. The summed E-state index contributed by atoms with van der Waals surface area (Å²) in [5.41, 5.74) is 1.58. The minimum atomic E-state index is -0.483. The van der Waals surface area contributed by atoms with Crippen LogP contribution in [-0.2, 0) is 21.6 Å². The number of nitrogens with zero attached hydrogens (tertiary/aromatic N) is 1. The van der Waals surface area contributed by atoms with E-state index in [2.05, 4.69) is 10.6 Å². The van der Waals surface area contributed by atoms with Gasteiger partial charge in [-0.25, -0.2) is 4.79 Å². The maximum absolute atomic E-state index is 13.2. The fraction of sp³-hybridized carbons (Fsp3) is 0.440. The summed E-state index contributed by atoms with van der Waals surface area (Å²) in [5.74, 6) is 0.484. The smallest absolute Gasteiger partial charge is 0.410 e. The van der Waals surface area contributed by atoms with Gasteiger partial charge in [-0.3, -0.25) is 4.79 Å². The van der Waals surface area contributed by atoms with Crippen molar-refractivity contribution in [3.8, 4) is 0 Å². The van der Waals surface area contributed by atoms with Crippen LogP contribution >= 0.6 is 12.4 Å². The van der Waals surface area contributed by atoms with Crippen LogP contribution in [0.3, 0.4) is 0 Å². The van der Waals surface area contributed by atoms with Gasteiger partial charge in [-0.15, -0.1) is 12.4 Å². The fourth-order valence-electron chi connectivity index (χ4n) is 4.56. The topological polar surface area (TPSA) is 70.7 Å². The van der Waals surface area contributed by atoms with Gasteiger partial charge in [0, 0.05) is 26.2 Å². The molecule has 0 aromatic heterocycles. The average molecular weight is 458 g/mol. The Bertz CT molecular complexity index is 865. The molecule has 2 aromatic carbocycles. The molecule has 2 saturated heterocycles. The molecule has 4 rings (SSSR count). The molecule has 172 valence electrons. The van der Waals surface area contributed by atoms with Crippen LogP contribution in [-0.4, -0.2) is 49.6 Å². The molecule has 0 bridgehead atoms. The highest BCUT2D eigenvalue weighted by molar-refractivity contribution is 5.89. The Balaban J connectivity index is 0.00000289. The van der Waals surface area contributed by atoms with Crippen molar-refractivity contribution in [2.45, 2.75) is 31.3 Å². The zero-order chi connectivity index (χ0) is 21.5. The number of hydrogen-bond acceptors (Lipinski definition) is 4. The second kappa shape index (κ2) is 11.3. The highest BCUT2D eigenvalue weighted by atomic mass is 35.5. The van der Waals surface area contributed by atoms with E-state index in [-0.39, 0.29) is 24.4 Å². The van der Waals surface area contributed by atoms with E-state index < -0.39 is 5.41 Å². The second-order valence-corrected chi connectivity index (χ2v) is 8.56. The van der Waals surface area contributed by atoms with Gasteiger partial charge in [-0.2, -0.15) is 0 Å². The van der Waals surface area contributed by atoms with Crippen molar-refractivity contribution in [1.29, 1.82) is 0 Å². The van der Waals surface area contributed by atoms with Crippen LogP contribution in [0.1, 0.15) is 30.4 Å². The minimum Gasteiger partial charge on any atom is -0.445 e. The maximum atomic E-state index is 13.2. The lowest BCUT2D eigenvalue weighted by atomic mass is 9.78. The van der Waals surface area contributed by atoms with E-state index in [1.54, 1.807) is 4.90 Å². The van der Waals surface area contributed by atoms with Crippen molar-refractivity contribution < 1.29 is 14.3 Å². The SMILES string of the molecule is Cl.O=C(OCc1ccccc1)N1CCC(CNC(=O)C2(c3ccccc3)CCNC2)CC1. The van der Waals surface area contributed by atoms with Crippen molar-refractivity contribution in [3.63, 3.8) is 0 Å². The Hall–Kier alpha value is -2.57. The molecular formula is C25H32ClN3O3. The van der Waals surface area contributed by atoms with Crippen LogP contribution in [0.25, 0.3) is 0 Å². The van der Waals surface area contributed by atoms with Crippen LogP contribution in [0.15, 0.2) is 60.7 Å². The van der Waals surface area contributed by atoms with Crippen molar-refractivity contribution in [2.24, 2.45) is 5.92 Å². The molecule has 2 aliphatic rings. The first kappa shape index (κ1) is 24.1. The van der Waals surface area contributed by atoms with E-state index in [0.29, 0.717) is 38.7 Å². The second-order valence-electron chi connectivity index (χ2n) is 8.56. The lowest BCUT2D eigenvalue weighted by Gasteiger charge is -2.33. The van der Waals surface area contributed by atoms with Crippen LogP contribution in [0.5, 0.6) is 0 Å². The first-order valence-electron chi connectivity index (χ1n) is 11.2. The predicted octanol–water partition coefficient (Wildman–Crippen LogP) is 3.50. The standard InChI is InChI=1S/C25H31N3O3.ClH/c29-23(25(13-14-26-19-25)22-9-5-2-6-10-22)27-17-20-11-15-28(16-12-20)24(30)31-18-21-7-3-1-4-8-21;/h1-10,20,26H,11-19H2,(H,27,29);1H. The molecule has 6 nitrogen and oxygen atoms in total. The van der Waals surface area contributed by atoms with E-state index in [4.69, 9.17) is 4.74 Å². The number of piperidine rings is 1. The third-order valence-electron chi connectivity index (χ3n) is 6.55. The lowest BCUT2D eigenvalue weighted by Crippen LogP contribution is -2.48. The molecule has 2 aliphatic heterocycles. The Morgan fingerprint density at radius 2 is 1.69 bits per heavy atom. The van der Waals surface area contributed by atoms with Crippen molar-refractivity contribution in [3.05, 3.63) is 71.8 Å². The van der Waals surface area contributed by atoms with Gasteiger partial charge < -0.3 is 20.3 Å². The van der Waals surface area contributed by atoms with Crippen molar-refractivity contribution >= 4 is 24.4 Å². The molecule has 0 saturated carbocycles. The van der Waals surface area contributed by atoms with E-state index >= 15 is 0 Å². The molecule has 2 N–H and O–H groups in total. The summed E-state index contributed by atoms with van der Waals surface area (Å²) in [7, 11) is 0. The van der Waals surface area contributed by atoms with Gasteiger partial charge in [0.25, 0.3) is 0 Å². The van der Waals surface area contributed by atoms with Crippen LogP contribution in [0.4, 0.5) is 4.79 Å². The quantitative estimate of drug-likeness (QED) is 0.696.